The molecule has 0 saturated heterocycles. The maximum absolute atomic E-state index is 14.1. The zero-order valence-corrected chi connectivity index (χ0v) is 35.1. The minimum Gasteiger partial charge on any atom is -0.457 e. The number of rotatable bonds is 8. The highest BCUT2D eigenvalue weighted by molar-refractivity contribution is 7.09. The van der Waals surface area contributed by atoms with Crippen molar-refractivity contribution in [3.05, 3.63) is 45.5 Å². The zero-order chi connectivity index (χ0) is 39.4. The van der Waals surface area contributed by atoms with E-state index in [1.165, 1.54) is 18.4 Å². The molecule has 0 radical (unpaired) electrons. The number of halogens is 6. The van der Waals surface area contributed by atoms with Crippen LogP contribution in [-0.2, 0) is 44.6 Å². The van der Waals surface area contributed by atoms with Crippen LogP contribution in [0, 0.1) is 17.3 Å². The third-order valence-electron chi connectivity index (χ3n) is 8.07. The molecule has 0 spiro atoms. The molecule has 0 bridgehead atoms. The first-order valence-electron chi connectivity index (χ1n) is 16.0. The van der Waals surface area contributed by atoms with Gasteiger partial charge in [0.1, 0.15) is 42.8 Å². The van der Waals surface area contributed by atoms with Crippen molar-refractivity contribution in [2.75, 3.05) is 20.3 Å². The van der Waals surface area contributed by atoms with Gasteiger partial charge < -0.3 is 28.4 Å². The molecule has 1 aromatic rings. The molecule has 18 heteroatoms. The van der Waals surface area contributed by atoms with E-state index in [9.17, 15) is 19.2 Å². The highest BCUT2D eigenvalue weighted by Crippen LogP contribution is 2.35. The number of methoxy groups -OCH3 is 1. The molecule has 0 fully saturated rings. The average Bonchev–Trinajstić information content (AvgIpc) is 3.50. The van der Waals surface area contributed by atoms with Crippen molar-refractivity contribution < 1.29 is 47.6 Å². The summed E-state index contributed by atoms with van der Waals surface area (Å²) in [5, 5.41) is 2.23. The second-order valence-electron chi connectivity index (χ2n) is 12.8. The number of hydrogen-bond donors (Lipinski definition) is 0. The number of Topliss-reactive ketones (excluding diaryl/α,β-unsaturated/α-hetero) is 1. The van der Waals surface area contributed by atoms with E-state index in [2.05, 4.69) is 4.98 Å². The summed E-state index contributed by atoms with van der Waals surface area (Å²) >= 11 is 35.1. The van der Waals surface area contributed by atoms with Crippen LogP contribution in [0.15, 0.2) is 34.8 Å². The molecule has 11 nitrogen and oxygen atoms in total. The minimum atomic E-state index is -1.84. The van der Waals surface area contributed by atoms with Crippen LogP contribution in [0.2, 0.25) is 0 Å². The van der Waals surface area contributed by atoms with Gasteiger partial charge in [-0.2, -0.15) is 0 Å². The maximum Gasteiger partial charge on any atom is 0.508 e. The number of thiazole rings is 1. The van der Waals surface area contributed by atoms with Crippen LogP contribution in [-0.4, -0.2) is 75.3 Å². The van der Waals surface area contributed by atoms with Gasteiger partial charge in [-0.1, -0.05) is 121 Å². The smallest absolute Gasteiger partial charge is 0.457 e. The fraction of sp³-hybridized carbons (Fsp3) is 0.618. The van der Waals surface area contributed by atoms with Gasteiger partial charge in [0, 0.05) is 18.9 Å². The number of aromatic nitrogens is 1. The van der Waals surface area contributed by atoms with Gasteiger partial charge in [0.25, 0.3) is 0 Å². The molecule has 5 atom stereocenters. The molecule has 0 unspecified atom stereocenters. The number of allylic oxidation sites excluding steroid dienone is 3. The molecule has 0 N–H and O–H groups in total. The van der Waals surface area contributed by atoms with E-state index in [1.807, 2.05) is 39.0 Å². The Kier molecular flexibility index (Phi) is 18.5. The number of nitrogens with zero attached hydrogens (tertiary/aromatic N) is 1. The van der Waals surface area contributed by atoms with Crippen LogP contribution >= 0.6 is 80.9 Å². The van der Waals surface area contributed by atoms with Crippen molar-refractivity contribution in [2.24, 2.45) is 17.3 Å². The van der Waals surface area contributed by atoms with Crippen LogP contribution in [0.5, 0.6) is 0 Å². The Morgan fingerprint density at radius 1 is 1.02 bits per heavy atom. The number of cyclic esters (lactones) is 1. The lowest BCUT2D eigenvalue weighted by molar-refractivity contribution is -0.156. The van der Waals surface area contributed by atoms with Gasteiger partial charge in [-0.25, -0.2) is 14.6 Å². The van der Waals surface area contributed by atoms with Crippen LogP contribution in [0.3, 0.4) is 0 Å². The lowest BCUT2D eigenvalue weighted by atomic mass is 9.73. The van der Waals surface area contributed by atoms with E-state index in [1.54, 1.807) is 32.2 Å². The molecule has 1 aromatic heterocycles. The summed E-state index contributed by atoms with van der Waals surface area (Å²) in [5.74, 6) is -2.07. The van der Waals surface area contributed by atoms with Gasteiger partial charge in [-0.15, -0.1) is 11.3 Å². The molecule has 0 aliphatic carbocycles. The van der Waals surface area contributed by atoms with E-state index < -0.39 is 68.7 Å². The molecular formula is C34H43Cl6NO10S. The Hall–Kier alpha value is -1.77. The number of ketones is 1. The van der Waals surface area contributed by atoms with Gasteiger partial charge in [-0.05, 0) is 37.8 Å². The van der Waals surface area contributed by atoms with Crippen LogP contribution < -0.4 is 0 Å². The molecule has 0 aromatic carbocycles. The van der Waals surface area contributed by atoms with Crippen molar-refractivity contribution in [2.45, 2.75) is 93.3 Å². The van der Waals surface area contributed by atoms with Gasteiger partial charge in [0.15, 0.2) is 0 Å². The SMILES string of the molecule is CO[C@H]1CC(=O)O[C@H](/C(C)=C/c2csc(COC(=O)OCC(Cl)(Cl)Cl)n2)C/C=C(C)\C=C\C[C@H](C)[C@H](OC(=O)OCC(Cl)(Cl)Cl)[C@@H](C)C(=O)C1(C)C. The number of hydrogen-bond acceptors (Lipinski definition) is 12. The Morgan fingerprint density at radius 2 is 1.63 bits per heavy atom. The first-order valence-corrected chi connectivity index (χ1v) is 19.2. The van der Waals surface area contributed by atoms with E-state index in [0.29, 0.717) is 29.1 Å². The van der Waals surface area contributed by atoms with Crippen molar-refractivity contribution in [3.63, 3.8) is 0 Å². The summed E-state index contributed by atoms with van der Waals surface area (Å²) in [7, 11) is 1.41. The van der Waals surface area contributed by atoms with Crippen molar-refractivity contribution >= 4 is 111 Å². The zero-order valence-electron chi connectivity index (χ0n) is 29.7. The summed E-state index contributed by atoms with van der Waals surface area (Å²) < 4.78 is 28.5. The largest absolute Gasteiger partial charge is 0.508 e. The molecule has 2 rings (SSSR count). The molecular weight excluding hydrogens is 827 g/mol. The molecule has 2 heterocycles. The monoisotopic (exact) mass is 867 g/mol. The molecule has 1 aliphatic rings. The number of carbonyl (C=O) groups is 4. The highest BCUT2D eigenvalue weighted by Gasteiger charge is 2.45. The Labute approximate surface area is 338 Å². The summed E-state index contributed by atoms with van der Waals surface area (Å²) in [5.41, 5.74) is 0.904. The molecule has 292 valence electrons. The van der Waals surface area contributed by atoms with Crippen LogP contribution in [0.4, 0.5) is 9.59 Å². The third-order valence-corrected chi connectivity index (χ3v) is 9.56. The van der Waals surface area contributed by atoms with E-state index in [-0.39, 0.29) is 24.7 Å². The van der Waals surface area contributed by atoms with Crippen LogP contribution in [0.25, 0.3) is 6.08 Å². The fourth-order valence-electron chi connectivity index (χ4n) is 5.26. The first kappa shape index (κ1) is 46.4. The van der Waals surface area contributed by atoms with Gasteiger partial charge >= 0.3 is 18.3 Å². The predicted octanol–water partition coefficient (Wildman–Crippen LogP) is 9.94. The average molecular weight is 870 g/mol. The lowest BCUT2D eigenvalue weighted by Gasteiger charge is -2.37. The van der Waals surface area contributed by atoms with Crippen molar-refractivity contribution in [1.29, 1.82) is 0 Å². The van der Waals surface area contributed by atoms with Crippen molar-refractivity contribution in [3.8, 4) is 0 Å². The summed E-state index contributed by atoms with van der Waals surface area (Å²) in [6.45, 7) is 9.34. The number of esters is 1. The minimum absolute atomic E-state index is 0.166. The van der Waals surface area contributed by atoms with Gasteiger partial charge in [0.2, 0.25) is 7.59 Å². The standard InChI is InChI=1S/C34H43Cl6NO10S/c1-19-9-8-10-20(2)28(51-31(45)49-18-34(38,39)40)22(4)29(43)32(5,6)25(46-7)14-27(42)50-24(12-11-19)21(3)13-23-16-52-26(41-23)15-47-30(44)48-17-33(35,36)37/h8-9,11,13,16,20,22,24-25,28H,10,12,14-15,17-18H2,1-7H3/b9-8+,19-11-,21-13+/t20-,22+,24-,25-,28-/m0/s1. The molecule has 52 heavy (non-hydrogen) atoms. The Morgan fingerprint density at radius 3 is 2.23 bits per heavy atom. The number of ether oxygens (including phenoxy) is 6. The molecule has 1 aliphatic heterocycles. The topological polar surface area (TPSA) is 137 Å². The van der Waals surface area contributed by atoms with Gasteiger partial charge in [0.05, 0.1) is 29.6 Å². The lowest BCUT2D eigenvalue weighted by Crippen LogP contribution is -2.47. The van der Waals surface area contributed by atoms with E-state index in [0.717, 1.165) is 5.57 Å². The Balaban J connectivity index is 2.34. The second-order valence-corrected chi connectivity index (χ2v) is 18.8. The Bertz CT molecular complexity index is 1480. The van der Waals surface area contributed by atoms with Gasteiger partial charge in [-0.3, -0.25) is 9.59 Å². The fourth-order valence-corrected chi connectivity index (χ4v) is 6.25. The molecule has 0 amide bonds. The first-order chi connectivity index (χ1) is 24.0. The summed E-state index contributed by atoms with van der Waals surface area (Å²) in [6, 6.07) is 0. The quantitative estimate of drug-likeness (QED) is 0.140. The summed E-state index contributed by atoms with van der Waals surface area (Å²) in [4.78, 5) is 56.4. The third kappa shape index (κ3) is 16.3. The number of carbonyl (C=O) groups excluding carboxylic acids is 4. The normalized spacial score (nSPS) is 25.7. The van der Waals surface area contributed by atoms with E-state index >= 15 is 0 Å². The van der Waals surface area contributed by atoms with Crippen LogP contribution in [0.1, 0.15) is 71.5 Å². The summed E-state index contributed by atoms with van der Waals surface area (Å²) in [6.07, 6.45) is 3.41. The van der Waals surface area contributed by atoms with Crippen molar-refractivity contribution in [1.82, 2.24) is 4.98 Å². The van der Waals surface area contributed by atoms with E-state index in [4.69, 9.17) is 98.0 Å². The number of alkyl halides is 6. The second kappa shape index (κ2) is 20.8. The predicted molar refractivity (Wildman–Crippen MR) is 203 cm³/mol. The highest BCUT2D eigenvalue weighted by atomic mass is 35.6. The maximum atomic E-state index is 14.1. The molecule has 0 saturated carbocycles.